The van der Waals surface area contributed by atoms with Crippen molar-refractivity contribution in [2.75, 3.05) is 4.72 Å². The van der Waals surface area contributed by atoms with E-state index in [2.05, 4.69) is 9.46 Å². The molecule has 1 N–H and O–H groups in total. The SMILES string of the molecule is CC(=O)c1ccccc1NS(=O)(=O)c1ccc(OC(F)F)c(Cl)c1. The molecule has 9 heteroatoms. The molecule has 0 aliphatic carbocycles. The molecule has 0 fully saturated rings. The van der Waals surface area contributed by atoms with Crippen LogP contribution in [0, 0.1) is 0 Å². The van der Waals surface area contributed by atoms with Crippen molar-refractivity contribution in [1.82, 2.24) is 0 Å². The van der Waals surface area contributed by atoms with Gasteiger partial charge >= 0.3 is 6.61 Å². The van der Waals surface area contributed by atoms with Gasteiger partial charge in [-0.2, -0.15) is 8.78 Å². The van der Waals surface area contributed by atoms with Gasteiger partial charge in [0.15, 0.2) is 5.78 Å². The molecule has 2 aromatic carbocycles. The Morgan fingerprint density at radius 1 is 1.21 bits per heavy atom. The molecule has 0 unspecified atom stereocenters. The van der Waals surface area contributed by atoms with E-state index >= 15 is 0 Å². The summed E-state index contributed by atoms with van der Waals surface area (Å²) >= 11 is 5.76. The third-order valence-corrected chi connectivity index (χ3v) is 4.64. The zero-order valence-corrected chi connectivity index (χ0v) is 13.9. The van der Waals surface area contributed by atoms with Gasteiger partial charge in [0, 0.05) is 5.56 Å². The number of nitrogens with one attached hydrogen (secondary N) is 1. The minimum absolute atomic E-state index is 0.106. The molecule has 0 heterocycles. The maximum atomic E-state index is 12.4. The van der Waals surface area contributed by atoms with Crippen LogP contribution < -0.4 is 9.46 Å². The van der Waals surface area contributed by atoms with Crippen molar-refractivity contribution in [1.29, 1.82) is 0 Å². The first kappa shape index (κ1) is 18.2. The van der Waals surface area contributed by atoms with Crippen molar-refractivity contribution in [2.45, 2.75) is 18.4 Å². The molecule has 0 radical (unpaired) electrons. The second-order valence-electron chi connectivity index (χ2n) is 4.68. The molecular formula is C15H12ClF2NO4S. The molecule has 2 rings (SSSR count). The fourth-order valence-electron chi connectivity index (χ4n) is 1.92. The molecule has 0 saturated heterocycles. The van der Waals surface area contributed by atoms with Gasteiger partial charge in [0.1, 0.15) is 5.75 Å². The van der Waals surface area contributed by atoms with Crippen LogP contribution in [-0.4, -0.2) is 20.8 Å². The molecule has 0 amide bonds. The van der Waals surface area contributed by atoms with E-state index in [-0.39, 0.29) is 32.7 Å². The molecule has 0 spiro atoms. The highest BCUT2D eigenvalue weighted by molar-refractivity contribution is 7.92. The fraction of sp³-hybridized carbons (Fsp3) is 0.133. The number of hydrogen-bond donors (Lipinski definition) is 1. The standard InChI is InChI=1S/C15H12ClF2NO4S/c1-9(20)11-4-2-3-5-13(11)19-24(21,22)10-6-7-14(12(16)8-10)23-15(17)18/h2-8,15,19H,1H3. The summed E-state index contributed by atoms with van der Waals surface area (Å²) in [6, 6.07) is 9.16. The third-order valence-electron chi connectivity index (χ3n) is 2.98. The predicted molar refractivity (Wildman–Crippen MR) is 85.3 cm³/mol. The zero-order chi connectivity index (χ0) is 17.9. The van der Waals surface area contributed by atoms with Gasteiger partial charge in [0.25, 0.3) is 10.0 Å². The summed E-state index contributed by atoms with van der Waals surface area (Å²) in [7, 11) is -4.07. The molecule has 0 aliphatic rings. The van der Waals surface area contributed by atoms with Gasteiger partial charge in [-0.25, -0.2) is 8.42 Å². The van der Waals surface area contributed by atoms with Crippen molar-refractivity contribution >= 4 is 33.1 Å². The average Bonchev–Trinajstić information content (AvgIpc) is 2.48. The number of halogens is 3. The molecular weight excluding hydrogens is 364 g/mol. The number of carbonyl (C=O) groups excluding carboxylic acids is 1. The summed E-state index contributed by atoms with van der Waals surface area (Å²) in [5.74, 6) is -0.651. The Morgan fingerprint density at radius 3 is 2.46 bits per heavy atom. The zero-order valence-electron chi connectivity index (χ0n) is 12.3. The van der Waals surface area contributed by atoms with Gasteiger partial charge < -0.3 is 4.74 Å². The summed E-state index contributed by atoms with van der Waals surface area (Å²) in [5, 5.41) is -0.280. The highest BCUT2D eigenvalue weighted by atomic mass is 35.5. The first-order valence-electron chi connectivity index (χ1n) is 6.58. The topological polar surface area (TPSA) is 72.5 Å². The van der Waals surface area contributed by atoms with Crippen LogP contribution in [0.15, 0.2) is 47.4 Å². The Morgan fingerprint density at radius 2 is 1.88 bits per heavy atom. The number of benzene rings is 2. The molecule has 2 aromatic rings. The van der Waals surface area contributed by atoms with E-state index in [4.69, 9.17) is 11.6 Å². The maximum absolute atomic E-state index is 12.4. The van der Waals surface area contributed by atoms with E-state index in [1.54, 1.807) is 12.1 Å². The minimum atomic E-state index is -4.07. The minimum Gasteiger partial charge on any atom is -0.433 e. The summed E-state index contributed by atoms with van der Waals surface area (Å²) in [6.45, 7) is -1.77. The first-order valence-corrected chi connectivity index (χ1v) is 8.44. The van der Waals surface area contributed by atoms with Crippen molar-refractivity contribution in [3.63, 3.8) is 0 Å². The second-order valence-corrected chi connectivity index (χ2v) is 6.77. The van der Waals surface area contributed by atoms with Crippen molar-refractivity contribution < 1.29 is 26.7 Å². The monoisotopic (exact) mass is 375 g/mol. The van der Waals surface area contributed by atoms with E-state index in [1.807, 2.05) is 0 Å². The quantitative estimate of drug-likeness (QED) is 0.776. The summed E-state index contributed by atoms with van der Waals surface area (Å²) in [4.78, 5) is 11.3. The summed E-state index contributed by atoms with van der Waals surface area (Å²) in [6.07, 6.45) is 0. The van der Waals surface area contributed by atoms with E-state index in [0.717, 1.165) is 18.2 Å². The number of sulfonamides is 1. The van der Waals surface area contributed by atoms with Gasteiger partial charge in [-0.3, -0.25) is 9.52 Å². The van der Waals surface area contributed by atoms with Crippen LogP contribution in [0.4, 0.5) is 14.5 Å². The second kappa shape index (κ2) is 7.14. The van der Waals surface area contributed by atoms with Crippen LogP contribution in [-0.2, 0) is 10.0 Å². The normalized spacial score (nSPS) is 11.4. The van der Waals surface area contributed by atoms with Crippen molar-refractivity contribution in [3.05, 3.63) is 53.1 Å². The predicted octanol–water partition coefficient (Wildman–Crippen LogP) is 3.94. The summed E-state index contributed by atoms with van der Waals surface area (Å²) in [5.41, 5.74) is 0.304. The largest absolute Gasteiger partial charge is 0.433 e. The Kier molecular flexibility index (Phi) is 5.40. The number of hydrogen-bond acceptors (Lipinski definition) is 4. The van der Waals surface area contributed by atoms with Crippen LogP contribution in [0.25, 0.3) is 0 Å². The highest BCUT2D eigenvalue weighted by Gasteiger charge is 2.19. The number of alkyl halides is 2. The molecule has 128 valence electrons. The Bertz CT molecular complexity index is 872. The number of carbonyl (C=O) groups is 1. The third kappa shape index (κ3) is 4.21. The lowest BCUT2D eigenvalue weighted by Crippen LogP contribution is -2.15. The molecule has 0 aromatic heterocycles. The highest BCUT2D eigenvalue weighted by Crippen LogP contribution is 2.29. The molecule has 0 atom stereocenters. The Labute approximate surface area is 142 Å². The Balaban J connectivity index is 2.35. The van der Waals surface area contributed by atoms with Crippen LogP contribution in [0.2, 0.25) is 5.02 Å². The van der Waals surface area contributed by atoms with Crippen LogP contribution in [0.5, 0.6) is 5.75 Å². The maximum Gasteiger partial charge on any atom is 0.387 e. The molecule has 24 heavy (non-hydrogen) atoms. The smallest absolute Gasteiger partial charge is 0.387 e. The van der Waals surface area contributed by atoms with Gasteiger partial charge in [-0.05, 0) is 37.3 Å². The molecule has 0 bridgehead atoms. The van der Waals surface area contributed by atoms with Crippen molar-refractivity contribution in [2.24, 2.45) is 0 Å². The van der Waals surface area contributed by atoms with E-state index < -0.39 is 16.6 Å². The van der Waals surface area contributed by atoms with Gasteiger partial charge in [0.2, 0.25) is 0 Å². The first-order chi connectivity index (χ1) is 11.2. The molecule has 0 aliphatic heterocycles. The molecule has 0 saturated carbocycles. The van der Waals surface area contributed by atoms with E-state index in [9.17, 15) is 22.0 Å². The van der Waals surface area contributed by atoms with Crippen LogP contribution in [0.1, 0.15) is 17.3 Å². The van der Waals surface area contributed by atoms with Crippen LogP contribution in [0.3, 0.4) is 0 Å². The lowest BCUT2D eigenvalue weighted by molar-refractivity contribution is -0.0498. The van der Waals surface area contributed by atoms with E-state index in [1.165, 1.54) is 19.1 Å². The number of rotatable bonds is 6. The van der Waals surface area contributed by atoms with Gasteiger partial charge in [-0.1, -0.05) is 23.7 Å². The number of ketones is 1. The average molecular weight is 376 g/mol. The van der Waals surface area contributed by atoms with Crippen molar-refractivity contribution in [3.8, 4) is 5.75 Å². The number of para-hydroxylation sites is 1. The van der Waals surface area contributed by atoms with E-state index in [0.29, 0.717) is 0 Å². The van der Waals surface area contributed by atoms with Gasteiger partial charge in [-0.15, -0.1) is 0 Å². The van der Waals surface area contributed by atoms with Crippen LogP contribution >= 0.6 is 11.6 Å². The Hall–Kier alpha value is -2.19. The molecule has 5 nitrogen and oxygen atoms in total. The fourth-order valence-corrected chi connectivity index (χ4v) is 3.32. The lowest BCUT2D eigenvalue weighted by Gasteiger charge is -2.12. The lowest BCUT2D eigenvalue weighted by atomic mass is 10.1. The van der Waals surface area contributed by atoms with Gasteiger partial charge in [0.05, 0.1) is 15.6 Å². The number of Topliss-reactive ketones (excluding diaryl/α,β-unsaturated/α-hetero) is 1. The number of ether oxygens (including phenoxy) is 1. The number of anilines is 1. The summed E-state index contributed by atoms with van der Waals surface area (Å²) < 4.78 is 55.6.